The van der Waals surface area contributed by atoms with Crippen molar-refractivity contribution in [3.8, 4) is 0 Å². The summed E-state index contributed by atoms with van der Waals surface area (Å²) in [5, 5.41) is 0. The predicted octanol–water partition coefficient (Wildman–Crippen LogP) is 4.91. The van der Waals surface area contributed by atoms with E-state index in [0.717, 1.165) is 25.3 Å². The van der Waals surface area contributed by atoms with Gasteiger partial charge in [0.15, 0.2) is 0 Å². The van der Waals surface area contributed by atoms with Crippen LogP contribution in [0.25, 0.3) is 6.08 Å². The summed E-state index contributed by atoms with van der Waals surface area (Å²) in [6, 6.07) is 5.37. The van der Waals surface area contributed by atoms with Crippen LogP contribution in [-0.2, 0) is 6.18 Å². The van der Waals surface area contributed by atoms with E-state index in [0.29, 0.717) is 5.56 Å². The first-order valence-electron chi connectivity index (χ1n) is 5.38. The number of halogens is 3. The van der Waals surface area contributed by atoms with Gasteiger partial charge in [0.2, 0.25) is 0 Å². The quantitative estimate of drug-likeness (QED) is 0.642. The largest absolute Gasteiger partial charge is 0.416 e. The lowest BCUT2D eigenvalue weighted by Crippen LogP contribution is -2.04. The molecule has 0 atom stereocenters. The van der Waals surface area contributed by atoms with Crippen molar-refractivity contribution >= 4 is 6.08 Å². The summed E-state index contributed by atoms with van der Waals surface area (Å²) >= 11 is 0. The van der Waals surface area contributed by atoms with Gasteiger partial charge in [-0.05, 0) is 24.1 Å². The Hall–Kier alpha value is -1.25. The zero-order chi connectivity index (χ0) is 12.0. The third-order valence-corrected chi connectivity index (χ3v) is 2.25. The molecule has 1 aromatic rings. The highest BCUT2D eigenvalue weighted by molar-refractivity contribution is 5.50. The van der Waals surface area contributed by atoms with Crippen LogP contribution in [0.15, 0.2) is 30.3 Å². The molecule has 1 rings (SSSR count). The maximum Gasteiger partial charge on any atom is 0.416 e. The molecule has 0 N–H and O–H groups in total. The Labute approximate surface area is 93.8 Å². The van der Waals surface area contributed by atoms with Crippen LogP contribution in [0.4, 0.5) is 13.2 Å². The highest BCUT2D eigenvalue weighted by Crippen LogP contribution is 2.29. The first-order valence-corrected chi connectivity index (χ1v) is 5.38. The van der Waals surface area contributed by atoms with Crippen LogP contribution in [0.1, 0.15) is 37.3 Å². The molecule has 0 amide bonds. The van der Waals surface area contributed by atoms with E-state index < -0.39 is 11.7 Å². The van der Waals surface area contributed by atoms with Gasteiger partial charge >= 0.3 is 6.18 Å². The van der Waals surface area contributed by atoms with Crippen molar-refractivity contribution < 1.29 is 13.2 Å². The molecule has 0 aromatic heterocycles. The Morgan fingerprint density at radius 3 is 2.62 bits per heavy atom. The van der Waals surface area contributed by atoms with Gasteiger partial charge in [-0.3, -0.25) is 0 Å². The lowest BCUT2D eigenvalue weighted by atomic mass is 10.1. The van der Waals surface area contributed by atoms with E-state index >= 15 is 0 Å². The van der Waals surface area contributed by atoms with Crippen LogP contribution in [0.5, 0.6) is 0 Å². The van der Waals surface area contributed by atoms with E-state index in [1.807, 2.05) is 6.08 Å². The fourth-order valence-corrected chi connectivity index (χ4v) is 1.36. The van der Waals surface area contributed by atoms with Gasteiger partial charge < -0.3 is 0 Å². The Morgan fingerprint density at radius 1 is 1.25 bits per heavy atom. The topological polar surface area (TPSA) is 0 Å². The minimum atomic E-state index is -4.26. The van der Waals surface area contributed by atoms with Crippen LogP contribution in [0.2, 0.25) is 0 Å². The molecule has 0 aliphatic carbocycles. The van der Waals surface area contributed by atoms with Gasteiger partial charge in [-0.15, -0.1) is 0 Å². The molecule has 0 saturated carbocycles. The third-order valence-electron chi connectivity index (χ3n) is 2.25. The van der Waals surface area contributed by atoms with Crippen molar-refractivity contribution in [2.75, 3.05) is 0 Å². The van der Waals surface area contributed by atoms with Gasteiger partial charge in [0, 0.05) is 0 Å². The van der Waals surface area contributed by atoms with Gasteiger partial charge in [0.05, 0.1) is 5.56 Å². The maximum atomic E-state index is 12.4. The molecule has 3 heteroatoms. The van der Waals surface area contributed by atoms with Gasteiger partial charge in [-0.2, -0.15) is 13.2 Å². The standard InChI is InChI=1S/C13H15F3/c1-2-3-4-5-7-11-8-6-9-12(10-11)13(14,15)16/h5-10H,2-4H2,1H3. The monoisotopic (exact) mass is 228 g/mol. The average Bonchev–Trinajstić information content (AvgIpc) is 2.24. The molecule has 0 aliphatic heterocycles. The smallest absolute Gasteiger partial charge is 0.166 e. The van der Waals surface area contributed by atoms with Crippen LogP contribution in [0.3, 0.4) is 0 Å². The number of alkyl halides is 3. The Morgan fingerprint density at radius 2 is 2.00 bits per heavy atom. The summed E-state index contributed by atoms with van der Waals surface area (Å²) in [5.74, 6) is 0. The van der Waals surface area contributed by atoms with E-state index in [4.69, 9.17) is 0 Å². The van der Waals surface area contributed by atoms with Gasteiger partial charge in [-0.1, -0.05) is 44.1 Å². The molecule has 0 fully saturated rings. The second-order valence-electron chi connectivity index (χ2n) is 3.67. The van der Waals surface area contributed by atoms with Crippen LogP contribution in [-0.4, -0.2) is 0 Å². The summed E-state index contributed by atoms with van der Waals surface area (Å²) < 4.78 is 37.2. The minimum absolute atomic E-state index is 0.592. The van der Waals surface area contributed by atoms with E-state index in [1.54, 1.807) is 12.1 Å². The number of hydrogen-bond donors (Lipinski definition) is 0. The van der Waals surface area contributed by atoms with Crippen LogP contribution < -0.4 is 0 Å². The lowest BCUT2D eigenvalue weighted by Gasteiger charge is -2.06. The molecule has 0 bridgehead atoms. The van der Waals surface area contributed by atoms with Crippen LogP contribution in [0, 0.1) is 0 Å². The predicted molar refractivity (Wildman–Crippen MR) is 60.0 cm³/mol. The molecular formula is C13H15F3. The van der Waals surface area contributed by atoms with Crippen molar-refractivity contribution in [3.05, 3.63) is 41.5 Å². The maximum absolute atomic E-state index is 12.4. The minimum Gasteiger partial charge on any atom is -0.166 e. The molecule has 0 aliphatic rings. The van der Waals surface area contributed by atoms with Gasteiger partial charge in [0.1, 0.15) is 0 Å². The first kappa shape index (κ1) is 12.8. The number of allylic oxidation sites excluding steroid dienone is 1. The summed E-state index contributed by atoms with van der Waals surface area (Å²) in [6.45, 7) is 2.08. The van der Waals surface area contributed by atoms with E-state index in [9.17, 15) is 13.2 Å². The molecule has 0 radical (unpaired) electrons. The van der Waals surface area contributed by atoms with Gasteiger partial charge in [0.25, 0.3) is 0 Å². The molecule has 0 spiro atoms. The molecular weight excluding hydrogens is 213 g/mol. The second-order valence-corrected chi connectivity index (χ2v) is 3.67. The highest BCUT2D eigenvalue weighted by Gasteiger charge is 2.30. The molecule has 88 valence electrons. The Bertz CT molecular complexity index is 350. The first-order chi connectivity index (χ1) is 7.54. The molecule has 0 unspecified atom stereocenters. The fourth-order valence-electron chi connectivity index (χ4n) is 1.36. The highest BCUT2D eigenvalue weighted by atomic mass is 19.4. The van der Waals surface area contributed by atoms with Crippen LogP contribution >= 0.6 is 0 Å². The number of benzene rings is 1. The molecule has 0 heterocycles. The Balaban J connectivity index is 2.71. The van der Waals surface area contributed by atoms with E-state index in [1.165, 1.54) is 12.1 Å². The summed E-state index contributed by atoms with van der Waals surface area (Å²) in [7, 11) is 0. The van der Waals surface area contributed by atoms with E-state index in [-0.39, 0.29) is 0 Å². The van der Waals surface area contributed by atoms with Crippen molar-refractivity contribution in [3.63, 3.8) is 0 Å². The summed E-state index contributed by atoms with van der Waals surface area (Å²) in [4.78, 5) is 0. The van der Waals surface area contributed by atoms with Gasteiger partial charge in [-0.25, -0.2) is 0 Å². The zero-order valence-electron chi connectivity index (χ0n) is 9.22. The molecule has 1 aromatic carbocycles. The van der Waals surface area contributed by atoms with Crippen molar-refractivity contribution in [2.24, 2.45) is 0 Å². The summed E-state index contributed by atoms with van der Waals surface area (Å²) in [5.41, 5.74) is 0.0102. The summed E-state index contributed by atoms with van der Waals surface area (Å²) in [6.07, 6.45) is 2.46. The van der Waals surface area contributed by atoms with Crippen molar-refractivity contribution in [2.45, 2.75) is 32.4 Å². The third kappa shape index (κ3) is 4.09. The van der Waals surface area contributed by atoms with Crippen molar-refractivity contribution in [1.82, 2.24) is 0 Å². The fraction of sp³-hybridized carbons (Fsp3) is 0.385. The second kappa shape index (κ2) is 5.73. The molecule has 16 heavy (non-hydrogen) atoms. The number of unbranched alkanes of at least 4 members (excludes halogenated alkanes) is 2. The lowest BCUT2D eigenvalue weighted by molar-refractivity contribution is -0.137. The number of rotatable bonds is 4. The molecule has 0 saturated heterocycles. The molecule has 0 nitrogen and oxygen atoms in total. The average molecular weight is 228 g/mol. The van der Waals surface area contributed by atoms with E-state index in [2.05, 4.69) is 6.92 Å². The Kier molecular flexibility index (Phi) is 4.59. The van der Waals surface area contributed by atoms with Crippen molar-refractivity contribution in [1.29, 1.82) is 0 Å². The zero-order valence-corrected chi connectivity index (χ0v) is 9.22. The normalized spacial score (nSPS) is 12.2. The SMILES string of the molecule is CCCCC=Cc1cccc(C(F)(F)F)c1. The number of hydrogen-bond acceptors (Lipinski definition) is 0.